The highest BCUT2D eigenvalue weighted by molar-refractivity contribution is 5.81. The summed E-state index contributed by atoms with van der Waals surface area (Å²) in [6.45, 7) is 0.306. The average molecular weight is 437 g/mol. The van der Waals surface area contributed by atoms with Gasteiger partial charge in [0.1, 0.15) is 12.6 Å². The van der Waals surface area contributed by atoms with Gasteiger partial charge >= 0.3 is 12.1 Å². The smallest absolute Gasteiger partial charge is 0.407 e. The van der Waals surface area contributed by atoms with Crippen molar-refractivity contribution in [1.82, 2.24) is 10.6 Å². The van der Waals surface area contributed by atoms with Crippen molar-refractivity contribution < 1.29 is 24.2 Å². The average Bonchev–Trinajstić information content (AvgIpc) is 3.44. The Bertz CT molecular complexity index is 954. The molecule has 1 atom stereocenters. The molecule has 168 valence electrons. The SMILES string of the molecule is O=C(NC(CCNC(=O)C1CCCC1)C(=O)O)OCC1c2ccccc2-c2ccccc21. The molecule has 2 aromatic carbocycles. The van der Waals surface area contributed by atoms with Crippen LogP contribution in [-0.4, -0.2) is 42.3 Å². The number of aliphatic carboxylic acids is 1. The molecule has 32 heavy (non-hydrogen) atoms. The molecular weight excluding hydrogens is 408 g/mol. The van der Waals surface area contributed by atoms with Crippen LogP contribution in [0, 0.1) is 5.92 Å². The lowest BCUT2D eigenvalue weighted by molar-refractivity contribution is -0.139. The van der Waals surface area contributed by atoms with Gasteiger partial charge in [0.15, 0.2) is 0 Å². The van der Waals surface area contributed by atoms with Gasteiger partial charge in [-0.1, -0.05) is 61.4 Å². The van der Waals surface area contributed by atoms with Gasteiger partial charge in [0.25, 0.3) is 0 Å². The molecule has 2 amide bonds. The van der Waals surface area contributed by atoms with E-state index in [1.54, 1.807) is 0 Å². The summed E-state index contributed by atoms with van der Waals surface area (Å²) in [5, 5.41) is 14.7. The van der Waals surface area contributed by atoms with Crippen LogP contribution < -0.4 is 10.6 Å². The van der Waals surface area contributed by atoms with Crippen LogP contribution in [0.5, 0.6) is 0 Å². The van der Waals surface area contributed by atoms with E-state index in [-0.39, 0.29) is 37.3 Å². The third kappa shape index (κ3) is 4.77. The Morgan fingerprint density at radius 2 is 1.56 bits per heavy atom. The Morgan fingerprint density at radius 3 is 2.16 bits per heavy atom. The molecule has 2 aromatic rings. The molecule has 7 heteroatoms. The van der Waals surface area contributed by atoms with Crippen molar-refractivity contribution in [3.63, 3.8) is 0 Å². The molecular formula is C25H28N2O5. The fraction of sp³-hybridized carbons (Fsp3) is 0.400. The zero-order chi connectivity index (χ0) is 22.5. The number of carboxylic acid groups (broad SMARTS) is 1. The van der Waals surface area contributed by atoms with E-state index in [9.17, 15) is 19.5 Å². The van der Waals surface area contributed by atoms with Gasteiger partial charge in [0.05, 0.1) is 0 Å². The molecule has 2 aliphatic rings. The number of hydrogen-bond donors (Lipinski definition) is 3. The Labute approximate surface area is 187 Å². The lowest BCUT2D eigenvalue weighted by Crippen LogP contribution is -2.44. The summed E-state index contributed by atoms with van der Waals surface area (Å²) < 4.78 is 5.43. The standard InChI is InChI=1S/C25H28N2O5/c28-23(16-7-1-2-8-16)26-14-13-22(24(29)30)27-25(31)32-15-21-19-11-5-3-9-17(19)18-10-4-6-12-20(18)21/h3-6,9-12,16,21-22H,1-2,7-8,13-15H2,(H,26,28)(H,27,31)(H,29,30). The van der Waals surface area contributed by atoms with Crippen LogP contribution in [0.25, 0.3) is 11.1 Å². The zero-order valence-electron chi connectivity index (χ0n) is 17.9. The van der Waals surface area contributed by atoms with Crippen molar-refractivity contribution >= 4 is 18.0 Å². The topological polar surface area (TPSA) is 105 Å². The second-order valence-electron chi connectivity index (χ2n) is 8.42. The molecule has 0 aromatic heterocycles. The summed E-state index contributed by atoms with van der Waals surface area (Å²) in [6, 6.07) is 14.9. The summed E-state index contributed by atoms with van der Waals surface area (Å²) in [6.07, 6.45) is 3.19. The van der Waals surface area contributed by atoms with Gasteiger partial charge < -0.3 is 20.5 Å². The third-order valence-corrected chi connectivity index (χ3v) is 6.39. The van der Waals surface area contributed by atoms with Crippen molar-refractivity contribution in [2.75, 3.05) is 13.2 Å². The number of amides is 2. The highest BCUT2D eigenvalue weighted by Crippen LogP contribution is 2.44. The van der Waals surface area contributed by atoms with Crippen LogP contribution in [0.4, 0.5) is 4.79 Å². The minimum Gasteiger partial charge on any atom is -0.480 e. The number of ether oxygens (including phenoxy) is 1. The molecule has 3 N–H and O–H groups in total. The van der Waals surface area contributed by atoms with Crippen molar-refractivity contribution in [3.05, 3.63) is 59.7 Å². The van der Waals surface area contributed by atoms with Crippen LogP contribution in [0.15, 0.2) is 48.5 Å². The van der Waals surface area contributed by atoms with Gasteiger partial charge in [0, 0.05) is 18.4 Å². The maximum Gasteiger partial charge on any atom is 0.407 e. The highest BCUT2D eigenvalue weighted by atomic mass is 16.5. The zero-order valence-corrected chi connectivity index (χ0v) is 17.9. The Balaban J connectivity index is 1.30. The molecule has 1 fully saturated rings. The van der Waals surface area contributed by atoms with E-state index in [1.807, 2.05) is 36.4 Å². The minimum absolute atomic E-state index is 0.0216. The molecule has 1 saturated carbocycles. The van der Waals surface area contributed by atoms with Crippen molar-refractivity contribution in [1.29, 1.82) is 0 Å². The van der Waals surface area contributed by atoms with Gasteiger partial charge in [-0.05, 0) is 41.5 Å². The summed E-state index contributed by atoms with van der Waals surface area (Å²) in [4.78, 5) is 36.0. The first kappa shape index (κ1) is 21.9. The first-order valence-electron chi connectivity index (χ1n) is 11.2. The van der Waals surface area contributed by atoms with Crippen molar-refractivity contribution in [2.45, 2.75) is 44.1 Å². The molecule has 7 nitrogen and oxygen atoms in total. The van der Waals surface area contributed by atoms with Crippen LogP contribution >= 0.6 is 0 Å². The predicted molar refractivity (Wildman–Crippen MR) is 119 cm³/mol. The Hall–Kier alpha value is -3.35. The van der Waals surface area contributed by atoms with E-state index in [1.165, 1.54) is 0 Å². The number of nitrogens with one attached hydrogen (secondary N) is 2. The first-order valence-corrected chi connectivity index (χ1v) is 11.2. The molecule has 0 aliphatic heterocycles. The molecule has 4 rings (SSSR count). The number of hydrogen-bond acceptors (Lipinski definition) is 4. The van der Waals surface area contributed by atoms with Crippen LogP contribution in [0.2, 0.25) is 0 Å². The summed E-state index contributed by atoms with van der Waals surface area (Å²) in [5.74, 6) is -1.27. The maximum atomic E-state index is 12.4. The Kier molecular flexibility index (Phi) is 6.73. The lowest BCUT2D eigenvalue weighted by Gasteiger charge is -2.18. The van der Waals surface area contributed by atoms with Crippen LogP contribution in [0.3, 0.4) is 0 Å². The number of fused-ring (bicyclic) bond motifs is 3. The molecule has 0 bridgehead atoms. The molecule has 0 radical (unpaired) electrons. The van der Waals surface area contributed by atoms with Gasteiger partial charge in [-0.25, -0.2) is 9.59 Å². The quantitative estimate of drug-likeness (QED) is 0.586. The second-order valence-corrected chi connectivity index (χ2v) is 8.42. The van der Waals surface area contributed by atoms with E-state index in [0.717, 1.165) is 47.9 Å². The van der Waals surface area contributed by atoms with E-state index < -0.39 is 18.1 Å². The minimum atomic E-state index is -1.16. The largest absolute Gasteiger partial charge is 0.480 e. The summed E-state index contributed by atoms with van der Waals surface area (Å²) >= 11 is 0. The summed E-state index contributed by atoms with van der Waals surface area (Å²) in [7, 11) is 0. The number of rotatable bonds is 8. The molecule has 0 saturated heterocycles. The highest BCUT2D eigenvalue weighted by Gasteiger charge is 2.30. The fourth-order valence-corrected chi connectivity index (χ4v) is 4.71. The fourth-order valence-electron chi connectivity index (χ4n) is 4.71. The van der Waals surface area contributed by atoms with Crippen LogP contribution in [-0.2, 0) is 14.3 Å². The number of alkyl carbamates (subject to hydrolysis) is 1. The van der Waals surface area contributed by atoms with E-state index in [0.29, 0.717) is 0 Å². The van der Waals surface area contributed by atoms with Crippen LogP contribution in [0.1, 0.15) is 49.1 Å². The lowest BCUT2D eigenvalue weighted by atomic mass is 9.98. The number of carboxylic acids is 1. The predicted octanol–water partition coefficient (Wildman–Crippen LogP) is 3.67. The first-order chi connectivity index (χ1) is 15.5. The normalized spacial score (nSPS) is 16.1. The van der Waals surface area contributed by atoms with E-state index in [2.05, 4.69) is 22.8 Å². The van der Waals surface area contributed by atoms with Gasteiger partial charge in [0.2, 0.25) is 5.91 Å². The third-order valence-electron chi connectivity index (χ3n) is 6.39. The Morgan fingerprint density at radius 1 is 0.969 bits per heavy atom. The maximum absolute atomic E-state index is 12.4. The molecule has 0 heterocycles. The van der Waals surface area contributed by atoms with Crippen molar-refractivity contribution in [3.8, 4) is 11.1 Å². The molecule has 1 unspecified atom stereocenters. The second kappa shape index (κ2) is 9.85. The molecule has 2 aliphatic carbocycles. The van der Waals surface area contributed by atoms with Gasteiger partial charge in [-0.15, -0.1) is 0 Å². The summed E-state index contributed by atoms with van der Waals surface area (Å²) in [5.41, 5.74) is 4.42. The number of carbonyl (C=O) groups is 3. The van der Waals surface area contributed by atoms with Gasteiger partial charge in [-0.2, -0.15) is 0 Å². The van der Waals surface area contributed by atoms with E-state index in [4.69, 9.17) is 4.74 Å². The number of carbonyl (C=O) groups excluding carboxylic acids is 2. The van der Waals surface area contributed by atoms with Gasteiger partial charge in [-0.3, -0.25) is 4.79 Å². The van der Waals surface area contributed by atoms with Crippen molar-refractivity contribution in [2.24, 2.45) is 5.92 Å². The monoisotopic (exact) mass is 436 g/mol. The number of benzene rings is 2. The molecule has 0 spiro atoms. The van der Waals surface area contributed by atoms with E-state index >= 15 is 0 Å².